The summed E-state index contributed by atoms with van der Waals surface area (Å²) in [7, 11) is 1.93. The van der Waals surface area contributed by atoms with Gasteiger partial charge in [0, 0.05) is 30.9 Å². The minimum atomic E-state index is 0.100. The van der Waals surface area contributed by atoms with Crippen molar-refractivity contribution >= 4 is 5.82 Å². The number of hydrogen-bond donors (Lipinski definition) is 1. The first kappa shape index (κ1) is 13.3. The third kappa shape index (κ3) is 3.43. The van der Waals surface area contributed by atoms with E-state index in [1.54, 1.807) is 6.07 Å². The average Bonchev–Trinajstić information content (AvgIpc) is 2.67. The molecule has 102 valence electrons. The Bertz CT molecular complexity index is 550. The summed E-state index contributed by atoms with van der Waals surface area (Å²) in [6.45, 7) is 6.65. The zero-order chi connectivity index (χ0) is 13.8. The van der Waals surface area contributed by atoms with E-state index in [2.05, 4.69) is 20.4 Å². The fraction of sp³-hybridized carbons (Fsp3) is 0.462. The second-order valence-corrected chi connectivity index (χ2v) is 4.64. The van der Waals surface area contributed by atoms with Crippen LogP contribution in [-0.4, -0.2) is 25.9 Å². The molecule has 1 N–H and O–H groups in total. The Hall–Kier alpha value is -2.11. The lowest BCUT2D eigenvalue weighted by atomic mass is 10.2. The van der Waals surface area contributed by atoms with Crippen LogP contribution in [0.1, 0.15) is 25.1 Å². The van der Waals surface area contributed by atoms with Crippen LogP contribution in [-0.2, 0) is 13.6 Å². The molecule has 0 saturated carbocycles. The van der Waals surface area contributed by atoms with Gasteiger partial charge in [-0.3, -0.25) is 4.68 Å². The van der Waals surface area contributed by atoms with Crippen molar-refractivity contribution in [2.75, 3.05) is 5.32 Å². The van der Waals surface area contributed by atoms with Crippen molar-refractivity contribution in [3.63, 3.8) is 0 Å². The van der Waals surface area contributed by atoms with E-state index < -0.39 is 0 Å². The van der Waals surface area contributed by atoms with Crippen LogP contribution in [0.3, 0.4) is 0 Å². The van der Waals surface area contributed by atoms with Crippen molar-refractivity contribution in [3.05, 3.63) is 29.8 Å². The third-order valence-electron chi connectivity index (χ3n) is 2.80. The van der Waals surface area contributed by atoms with Gasteiger partial charge in [-0.05, 0) is 20.8 Å². The Morgan fingerprint density at radius 2 is 2.16 bits per heavy atom. The number of aromatic nitrogens is 4. The summed E-state index contributed by atoms with van der Waals surface area (Å²) in [6, 6.07) is 1.80. The molecule has 0 aliphatic heterocycles. The standard InChI is InChI=1S/C13H19N5O/c1-9(2)19-13-5-12(15-8-16-13)14-6-11-7-17-18(4)10(11)3/h5,7-9H,6H2,1-4H3,(H,14,15,16). The molecule has 0 radical (unpaired) electrons. The van der Waals surface area contributed by atoms with E-state index in [9.17, 15) is 0 Å². The lowest BCUT2D eigenvalue weighted by Crippen LogP contribution is -2.08. The molecular formula is C13H19N5O. The molecule has 2 aromatic heterocycles. The van der Waals surface area contributed by atoms with Gasteiger partial charge in [0.2, 0.25) is 5.88 Å². The normalized spacial score (nSPS) is 10.8. The topological polar surface area (TPSA) is 64.9 Å². The van der Waals surface area contributed by atoms with E-state index in [-0.39, 0.29) is 6.10 Å². The van der Waals surface area contributed by atoms with Gasteiger partial charge in [0.15, 0.2) is 0 Å². The van der Waals surface area contributed by atoms with Gasteiger partial charge in [0.25, 0.3) is 0 Å². The Kier molecular flexibility index (Phi) is 3.99. The summed E-state index contributed by atoms with van der Waals surface area (Å²) in [5, 5.41) is 7.45. The van der Waals surface area contributed by atoms with Crippen LogP contribution in [0.4, 0.5) is 5.82 Å². The molecule has 0 fully saturated rings. The number of nitrogens with zero attached hydrogens (tertiary/aromatic N) is 4. The van der Waals surface area contributed by atoms with E-state index in [1.807, 2.05) is 38.7 Å². The lowest BCUT2D eigenvalue weighted by Gasteiger charge is -2.10. The Balaban J connectivity index is 2.01. The molecule has 0 spiro atoms. The van der Waals surface area contributed by atoms with Gasteiger partial charge < -0.3 is 10.1 Å². The molecule has 0 saturated heterocycles. The van der Waals surface area contributed by atoms with Crippen LogP contribution in [0.25, 0.3) is 0 Å². The first-order valence-electron chi connectivity index (χ1n) is 6.26. The minimum Gasteiger partial charge on any atom is -0.475 e. The molecule has 0 aliphatic rings. The van der Waals surface area contributed by atoms with Crippen LogP contribution in [0.15, 0.2) is 18.6 Å². The summed E-state index contributed by atoms with van der Waals surface area (Å²) >= 11 is 0. The van der Waals surface area contributed by atoms with Gasteiger partial charge in [0.05, 0.1) is 12.3 Å². The number of hydrogen-bond acceptors (Lipinski definition) is 5. The van der Waals surface area contributed by atoms with E-state index in [1.165, 1.54) is 6.33 Å². The molecule has 0 atom stereocenters. The van der Waals surface area contributed by atoms with Gasteiger partial charge in [-0.2, -0.15) is 5.10 Å². The number of ether oxygens (including phenoxy) is 1. The molecule has 0 aromatic carbocycles. The Morgan fingerprint density at radius 3 is 2.79 bits per heavy atom. The summed E-state index contributed by atoms with van der Waals surface area (Å²) < 4.78 is 7.38. The van der Waals surface area contributed by atoms with Crippen molar-refractivity contribution in [2.45, 2.75) is 33.4 Å². The maximum atomic E-state index is 5.53. The number of anilines is 1. The van der Waals surface area contributed by atoms with E-state index in [4.69, 9.17) is 4.74 Å². The molecule has 0 amide bonds. The van der Waals surface area contributed by atoms with Crippen molar-refractivity contribution in [3.8, 4) is 5.88 Å². The van der Waals surface area contributed by atoms with Gasteiger partial charge >= 0.3 is 0 Å². The fourth-order valence-corrected chi connectivity index (χ4v) is 1.65. The summed E-state index contributed by atoms with van der Waals surface area (Å²) in [5.74, 6) is 1.32. The van der Waals surface area contributed by atoms with E-state index >= 15 is 0 Å². The molecule has 2 aromatic rings. The predicted molar refractivity (Wildman–Crippen MR) is 73.1 cm³/mol. The molecule has 2 heterocycles. The third-order valence-corrected chi connectivity index (χ3v) is 2.80. The van der Waals surface area contributed by atoms with Gasteiger partial charge in [0.1, 0.15) is 12.1 Å². The second kappa shape index (κ2) is 5.69. The molecule has 19 heavy (non-hydrogen) atoms. The Morgan fingerprint density at radius 1 is 1.37 bits per heavy atom. The summed E-state index contributed by atoms with van der Waals surface area (Å²) in [6.07, 6.45) is 3.45. The number of rotatable bonds is 5. The smallest absolute Gasteiger partial charge is 0.218 e. The fourth-order valence-electron chi connectivity index (χ4n) is 1.65. The Labute approximate surface area is 112 Å². The first-order valence-corrected chi connectivity index (χ1v) is 6.26. The van der Waals surface area contributed by atoms with Gasteiger partial charge in [-0.25, -0.2) is 9.97 Å². The highest BCUT2D eigenvalue weighted by Crippen LogP contribution is 2.14. The lowest BCUT2D eigenvalue weighted by molar-refractivity contribution is 0.232. The second-order valence-electron chi connectivity index (χ2n) is 4.64. The summed E-state index contributed by atoms with van der Waals surface area (Å²) in [4.78, 5) is 8.24. The largest absolute Gasteiger partial charge is 0.475 e. The van der Waals surface area contributed by atoms with E-state index in [0.717, 1.165) is 17.1 Å². The molecule has 6 nitrogen and oxygen atoms in total. The van der Waals surface area contributed by atoms with Crippen LogP contribution in [0, 0.1) is 6.92 Å². The van der Waals surface area contributed by atoms with Crippen LogP contribution in [0.2, 0.25) is 0 Å². The average molecular weight is 261 g/mol. The molecule has 2 rings (SSSR count). The number of nitrogens with one attached hydrogen (secondary N) is 1. The monoisotopic (exact) mass is 261 g/mol. The van der Waals surface area contributed by atoms with Crippen LogP contribution < -0.4 is 10.1 Å². The van der Waals surface area contributed by atoms with E-state index in [0.29, 0.717) is 12.4 Å². The van der Waals surface area contributed by atoms with Crippen LogP contribution in [0.5, 0.6) is 5.88 Å². The zero-order valence-electron chi connectivity index (χ0n) is 11.7. The quantitative estimate of drug-likeness (QED) is 0.890. The molecular weight excluding hydrogens is 242 g/mol. The predicted octanol–water partition coefficient (Wildman–Crippen LogP) is 1.92. The highest BCUT2D eigenvalue weighted by Gasteiger charge is 2.05. The maximum Gasteiger partial charge on any atom is 0.218 e. The van der Waals surface area contributed by atoms with Crippen molar-refractivity contribution in [2.24, 2.45) is 7.05 Å². The maximum absolute atomic E-state index is 5.53. The SMILES string of the molecule is Cc1c(CNc2cc(OC(C)C)ncn2)cnn1C. The molecule has 0 aliphatic carbocycles. The highest BCUT2D eigenvalue weighted by molar-refractivity contribution is 5.38. The van der Waals surface area contributed by atoms with Crippen molar-refractivity contribution in [1.82, 2.24) is 19.7 Å². The number of aryl methyl sites for hydroxylation is 1. The minimum absolute atomic E-state index is 0.100. The molecule has 6 heteroatoms. The van der Waals surface area contributed by atoms with Gasteiger partial charge in [-0.1, -0.05) is 0 Å². The van der Waals surface area contributed by atoms with Gasteiger partial charge in [-0.15, -0.1) is 0 Å². The zero-order valence-corrected chi connectivity index (χ0v) is 11.7. The summed E-state index contributed by atoms with van der Waals surface area (Å²) in [5.41, 5.74) is 2.28. The van der Waals surface area contributed by atoms with Crippen molar-refractivity contribution < 1.29 is 4.74 Å². The molecule has 0 bridgehead atoms. The van der Waals surface area contributed by atoms with Crippen molar-refractivity contribution in [1.29, 1.82) is 0 Å². The highest BCUT2D eigenvalue weighted by atomic mass is 16.5. The first-order chi connectivity index (χ1) is 9.06. The van der Waals surface area contributed by atoms with Crippen LogP contribution >= 0.6 is 0 Å². The molecule has 0 unspecified atom stereocenters.